The van der Waals surface area contributed by atoms with Gasteiger partial charge in [0.1, 0.15) is 29.6 Å². The van der Waals surface area contributed by atoms with Crippen molar-refractivity contribution in [2.45, 2.75) is 59.2 Å². The summed E-state index contributed by atoms with van der Waals surface area (Å²) in [4.78, 5) is 30.3. The van der Waals surface area contributed by atoms with Crippen molar-refractivity contribution in [3.63, 3.8) is 0 Å². The van der Waals surface area contributed by atoms with Gasteiger partial charge >= 0.3 is 0 Å². The SMILES string of the molecule is CCC(C)(C)NC(=O)[C@H](c1ccc(OC)cc1OC)N(C(=O)Cn1nnc2ccccc21)c1c(C)cccc1C. The summed E-state index contributed by atoms with van der Waals surface area (Å²) < 4.78 is 12.7. The van der Waals surface area contributed by atoms with E-state index in [2.05, 4.69) is 15.6 Å². The van der Waals surface area contributed by atoms with E-state index in [1.165, 1.54) is 7.11 Å². The molecule has 1 aromatic heterocycles. The molecule has 2 amide bonds. The highest BCUT2D eigenvalue weighted by Crippen LogP contribution is 2.38. The number of rotatable bonds is 10. The van der Waals surface area contributed by atoms with Gasteiger partial charge in [0.15, 0.2) is 0 Å². The second kappa shape index (κ2) is 11.8. The lowest BCUT2D eigenvalue weighted by Gasteiger charge is -2.36. The van der Waals surface area contributed by atoms with Gasteiger partial charge in [0.05, 0.1) is 25.4 Å². The fourth-order valence-electron chi connectivity index (χ4n) is 4.75. The summed E-state index contributed by atoms with van der Waals surface area (Å²) in [5, 5.41) is 11.6. The number of anilines is 1. The highest BCUT2D eigenvalue weighted by atomic mass is 16.5. The number of fused-ring (bicyclic) bond motifs is 1. The van der Waals surface area contributed by atoms with Crippen LogP contribution < -0.4 is 19.7 Å². The molecule has 9 heteroatoms. The van der Waals surface area contributed by atoms with E-state index in [1.54, 1.807) is 34.9 Å². The Labute approximate surface area is 235 Å². The van der Waals surface area contributed by atoms with Crippen LogP contribution in [0.4, 0.5) is 5.69 Å². The number of hydrogen-bond donors (Lipinski definition) is 1. The highest BCUT2D eigenvalue weighted by molar-refractivity contribution is 6.03. The molecule has 0 aliphatic rings. The van der Waals surface area contributed by atoms with Crippen molar-refractivity contribution < 1.29 is 19.1 Å². The van der Waals surface area contributed by atoms with E-state index in [0.29, 0.717) is 34.7 Å². The van der Waals surface area contributed by atoms with Crippen molar-refractivity contribution in [2.24, 2.45) is 0 Å². The summed E-state index contributed by atoms with van der Waals surface area (Å²) in [5.41, 5.74) is 3.81. The van der Waals surface area contributed by atoms with Gasteiger partial charge in [-0.05, 0) is 69.5 Å². The van der Waals surface area contributed by atoms with Crippen LogP contribution in [0.5, 0.6) is 11.5 Å². The van der Waals surface area contributed by atoms with Gasteiger partial charge in [-0.15, -0.1) is 5.10 Å². The topological polar surface area (TPSA) is 98.6 Å². The number of ether oxygens (including phenoxy) is 2. The van der Waals surface area contributed by atoms with Crippen molar-refractivity contribution in [2.75, 3.05) is 19.1 Å². The molecule has 1 heterocycles. The molecule has 210 valence electrons. The minimum atomic E-state index is -1.05. The summed E-state index contributed by atoms with van der Waals surface area (Å²) in [6.45, 7) is 9.68. The van der Waals surface area contributed by atoms with E-state index >= 15 is 0 Å². The molecule has 0 fully saturated rings. The molecule has 9 nitrogen and oxygen atoms in total. The number of hydrogen-bond acceptors (Lipinski definition) is 6. The van der Waals surface area contributed by atoms with Crippen molar-refractivity contribution in [1.82, 2.24) is 20.3 Å². The molecule has 0 bridgehead atoms. The van der Waals surface area contributed by atoms with E-state index < -0.39 is 11.6 Å². The quantitative estimate of drug-likeness (QED) is 0.297. The molecule has 3 aromatic carbocycles. The molecule has 1 N–H and O–H groups in total. The zero-order valence-electron chi connectivity index (χ0n) is 24.2. The second-order valence-electron chi connectivity index (χ2n) is 10.5. The Balaban J connectivity index is 1.93. The summed E-state index contributed by atoms with van der Waals surface area (Å²) in [5.74, 6) is 0.367. The summed E-state index contributed by atoms with van der Waals surface area (Å²) in [6.07, 6.45) is 0.702. The number of nitrogens with one attached hydrogen (secondary N) is 1. The van der Waals surface area contributed by atoms with Crippen LogP contribution >= 0.6 is 0 Å². The number of carbonyl (C=O) groups excluding carboxylic acids is 2. The Morgan fingerprint density at radius 1 is 1.00 bits per heavy atom. The number of amides is 2. The number of methoxy groups -OCH3 is 2. The average Bonchev–Trinajstić information content (AvgIpc) is 3.34. The van der Waals surface area contributed by atoms with Gasteiger partial charge in [0, 0.05) is 17.2 Å². The van der Waals surface area contributed by atoms with Gasteiger partial charge in [0.2, 0.25) is 11.8 Å². The third kappa shape index (κ3) is 5.78. The molecule has 4 aromatic rings. The van der Waals surface area contributed by atoms with Crippen molar-refractivity contribution in [3.05, 3.63) is 77.4 Å². The van der Waals surface area contributed by atoms with Crippen molar-refractivity contribution >= 4 is 28.5 Å². The molecular weight excluding hydrogens is 506 g/mol. The van der Waals surface area contributed by atoms with Crippen LogP contribution in [0, 0.1) is 13.8 Å². The first-order valence-electron chi connectivity index (χ1n) is 13.3. The van der Waals surface area contributed by atoms with Gasteiger partial charge in [-0.1, -0.05) is 42.5 Å². The molecule has 0 spiro atoms. The summed E-state index contributed by atoms with van der Waals surface area (Å²) in [7, 11) is 3.10. The predicted molar refractivity (Wildman–Crippen MR) is 156 cm³/mol. The van der Waals surface area contributed by atoms with Gasteiger partial charge in [-0.3, -0.25) is 14.5 Å². The molecule has 0 saturated heterocycles. The molecule has 40 heavy (non-hydrogen) atoms. The third-order valence-corrected chi connectivity index (χ3v) is 7.24. The molecule has 0 radical (unpaired) electrons. The Morgan fingerprint density at radius 3 is 2.35 bits per heavy atom. The standard InChI is InChI=1S/C31H37N5O4/c1-8-31(4,5)32-30(38)29(23-17-16-22(39-6)18-26(23)40-7)36(28-20(2)12-11-13-21(28)3)27(37)19-35-25-15-10-9-14-24(25)33-34-35/h9-18,29H,8,19H2,1-7H3,(H,32,38)/t29-/m0/s1. The zero-order valence-corrected chi connectivity index (χ0v) is 24.2. The van der Waals surface area contributed by atoms with E-state index in [1.807, 2.05) is 77.1 Å². The first-order chi connectivity index (χ1) is 19.1. The Hall–Kier alpha value is -4.40. The highest BCUT2D eigenvalue weighted by Gasteiger charge is 2.38. The Kier molecular flexibility index (Phi) is 8.42. The fraction of sp³-hybridized carbons (Fsp3) is 0.355. The van der Waals surface area contributed by atoms with Crippen molar-refractivity contribution in [3.8, 4) is 11.5 Å². The van der Waals surface area contributed by atoms with Gasteiger partial charge in [-0.25, -0.2) is 4.68 Å². The number of aryl methyl sites for hydroxylation is 2. The van der Waals surface area contributed by atoms with Crippen LogP contribution in [0.15, 0.2) is 60.7 Å². The third-order valence-electron chi connectivity index (χ3n) is 7.24. The number of aromatic nitrogens is 3. The van der Waals surface area contributed by atoms with E-state index in [9.17, 15) is 9.59 Å². The molecular formula is C31H37N5O4. The minimum absolute atomic E-state index is 0.117. The lowest BCUT2D eigenvalue weighted by atomic mass is 9.96. The maximum Gasteiger partial charge on any atom is 0.249 e. The average molecular weight is 544 g/mol. The van der Waals surface area contributed by atoms with Crippen LogP contribution in [0.25, 0.3) is 11.0 Å². The van der Waals surface area contributed by atoms with Crippen LogP contribution in [0.2, 0.25) is 0 Å². The maximum absolute atomic E-state index is 14.4. The number of para-hydroxylation sites is 2. The predicted octanol–water partition coefficient (Wildman–Crippen LogP) is 5.14. The number of carbonyl (C=O) groups is 2. The van der Waals surface area contributed by atoms with E-state index in [4.69, 9.17) is 9.47 Å². The molecule has 1 atom stereocenters. The Bertz CT molecular complexity index is 1510. The second-order valence-corrected chi connectivity index (χ2v) is 10.5. The largest absolute Gasteiger partial charge is 0.497 e. The Morgan fingerprint density at radius 2 is 1.70 bits per heavy atom. The molecule has 0 saturated carbocycles. The van der Waals surface area contributed by atoms with Crippen LogP contribution in [0.3, 0.4) is 0 Å². The molecule has 0 unspecified atom stereocenters. The lowest BCUT2D eigenvalue weighted by molar-refractivity contribution is -0.128. The minimum Gasteiger partial charge on any atom is -0.497 e. The zero-order chi connectivity index (χ0) is 29.0. The number of benzene rings is 3. The summed E-state index contributed by atoms with van der Waals surface area (Å²) >= 11 is 0. The van der Waals surface area contributed by atoms with Gasteiger partial charge < -0.3 is 14.8 Å². The van der Waals surface area contributed by atoms with Crippen LogP contribution in [-0.2, 0) is 16.1 Å². The van der Waals surface area contributed by atoms with E-state index in [-0.39, 0.29) is 18.4 Å². The monoisotopic (exact) mass is 543 g/mol. The molecule has 0 aliphatic carbocycles. The molecule has 0 aliphatic heterocycles. The van der Waals surface area contributed by atoms with Gasteiger partial charge in [-0.2, -0.15) is 0 Å². The van der Waals surface area contributed by atoms with Crippen LogP contribution in [-0.4, -0.2) is 46.6 Å². The smallest absolute Gasteiger partial charge is 0.249 e. The lowest BCUT2D eigenvalue weighted by Crippen LogP contribution is -2.51. The van der Waals surface area contributed by atoms with Crippen LogP contribution in [0.1, 0.15) is 49.9 Å². The molecule has 4 rings (SSSR count). The maximum atomic E-state index is 14.4. The van der Waals surface area contributed by atoms with Gasteiger partial charge in [0.25, 0.3) is 0 Å². The first kappa shape index (κ1) is 28.6. The van der Waals surface area contributed by atoms with E-state index in [0.717, 1.165) is 16.6 Å². The first-order valence-corrected chi connectivity index (χ1v) is 13.3. The normalized spacial score (nSPS) is 12.2. The summed E-state index contributed by atoms with van der Waals surface area (Å²) in [6, 6.07) is 17.5. The van der Waals surface area contributed by atoms with Crippen molar-refractivity contribution in [1.29, 1.82) is 0 Å². The number of nitrogens with zero attached hydrogens (tertiary/aromatic N) is 4. The fourth-order valence-corrected chi connectivity index (χ4v) is 4.75.